The number of amides is 2. The van der Waals surface area contributed by atoms with E-state index >= 15 is 0 Å². The second-order valence-electron chi connectivity index (χ2n) is 5.21. The quantitative estimate of drug-likeness (QED) is 0.854. The highest BCUT2D eigenvalue weighted by molar-refractivity contribution is 7.87. The maximum atomic E-state index is 13.1. The summed E-state index contributed by atoms with van der Waals surface area (Å²) in [5, 5.41) is 1.33. The molecule has 2 rings (SSSR count). The fraction of sp³-hybridized carbons (Fsp3) is 0.429. The molecule has 1 aromatic carbocycles. The smallest absolute Gasteiger partial charge is 0.307 e. The molecule has 0 saturated carbocycles. The zero-order valence-corrected chi connectivity index (χ0v) is 13.1. The molecule has 2 amide bonds. The van der Waals surface area contributed by atoms with Crippen molar-refractivity contribution in [1.82, 2.24) is 0 Å². The first kappa shape index (κ1) is 16.4. The Labute approximate surface area is 128 Å². The van der Waals surface area contributed by atoms with Gasteiger partial charge in [-0.15, -0.1) is 3.89 Å². The maximum absolute atomic E-state index is 13.1. The van der Waals surface area contributed by atoms with Crippen molar-refractivity contribution in [3.05, 3.63) is 23.8 Å². The molecule has 1 atom stereocenters. The zero-order chi connectivity index (χ0) is 16.5. The molecule has 1 N–H and O–H groups in total. The van der Waals surface area contributed by atoms with Crippen LogP contribution in [0.3, 0.4) is 0 Å². The number of nitrogens with zero attached hydrogens (tertiary/aromatic N) is 1. The van der Waals surface area contributed by atoms with Gasteiger partial charge >= 0.3 is 10.2 Å². The summed E-state index contributed by atoms with van der Waals surface area (Å²) in [7, 11) is -4.75. The Hall–Kier alpha value is -1.96. The Balaban J connectivity index is 2.30. The molecule has 0 spiro atoms. The van der Waals surface area contributed by atoms with Crippen LogP contribution in [0.4, 0.5) is 15.3 Å². The second-order valence-corrected chi connectivity index (χ2v) is 6.83. The minimum atomic E-state index is -4.75. The van der Waals surface area contributed by atoms with Gasteiger partial charge in [-0.2, -0.15) is 8.42 Å². The Kier molecular flexibility index (Phi) is 4.50. The van der Waals surface area contributed by atoms with Crippen LogP contribution in [-0.2, 0) is 19.8 Å². The van der Waals surface area contributed by atoms with Crippen molar-refractivity contribution in [2.75, 3.05) is 16.8 Å². The molecular formula is C14H17FN2O4S. The van der Waals surface area contributed by atoms with Crippen LogP contribution < -0.4 is 10.2 Å². The highest BCUT2D eigenvalue weighted by Gasteiger charge is 2.39. The van der Waals surface area contributed by atoms with E-state index in [1.165, 1.54) is 4.90 Å². The first-order valence-electron chi connectivity index (χ1n) is 6.86. The van der Waals surface area contributed by atoms with Crippen molar-refractivity contribution in [3.8, 4) is 0 Å². The van der Waals surface area contributed by atoms with Crippen molar-refractivity contribution in [1.29, 1.82) is 0 Å². The molecule has 1 unspecified atom stereocenters. The monoisotopic (exact) mass is 328 g/mol. The van der Waals surface area contributed by atoms with Crippen LogP contribution in [0.5, 0.6) is 0 Å². The van der Waals surface area contributed by atoms with Crippen LogP contribution in [0.2, 0.25) is 0 Å². The number of hydrogen-bond acceptors (Lipinski definition) is 4. The summed E-state index contributed by atoms with van der Waals surface area (Å²) in [5.74, 6) is -0.625. The zero-order valence-electron chi connectivity index (χ0n) is 12.3. The molecule has 1 aromatic rings. The lowest BCUT2D eigenvalue weighted by Crippen LogP contribution is -2.27. The lowest BCUT2D eigenvalue weighted by Gasteiger charge is -2.20. The van der Waals surface area contributed by atoms with Crippen molar-refractivity contribution < 1.29 is 21.9 Å². The largest absolute Gasteiger partial charge is 0.326 e. The van der Waals surface area contributed by atoms with Gasteiger partial charge in [0.25, 0.3) is 0 Å². The number of aryl methyl sites for hydroxylation is 1. The predicted molar refractivity (Wildman–Crippen MR) is 80.9 cm³/mol. The molecule has 0 bridgehead atoms. The third-order valence-electron chi connectivity index (χ3n) is 3.59. The summed E-state index contributed by atoms with van der Waals surface area (Å²) in [6, 6.07) is 5.00. The Bertz CT molecular complexity index is 718. The predicted octanol–water partition coefficient (Wildman–Crippen LogP) is 1.75. The van der Waals surface area contributed by atoms with Crippen molar-refractivity contribution in [2.24, 2.45) is 0 Å². The first-order valence-corrected chi connectivity index (χ1v) is 8.31. The summed E-state index contributed by atoms with van der Waals surface area (Å²) < 4.78 is 35.1. The van der Waals surface area contributed by atoms with Gasteiger partial charge in [0.05, 0.1) is 0 Å². The van der Waals surface area contributed by atoms with Crippen LogP contribution in [0.15, 0.2) is 18.2 Å². The Morgan fingerprint density at radius 1 is 1.45 bits per heavy atom. The molecule has 1 aliphatic heterocycles. The van der Waals surface area contributed by atoms with E-state index < -0.39 is 21.4 Å². The van der Waals surface area contributed by atoms with Crippen LogP contribution in [0, 0.1) is 6.92 Å². The fourth-order valence-corrected chi connectivity index (χ4v) is 2.99. The minimum Gasteiger partial charge on any atom is -0.326 e. The number of nitrogens with one attached hydrogen (secondary N) is 1. The van der Waals surface area contributed by atoms with Gasteiger partial charge < -0.3 is 10.2 Å². The minimum absolute atomic E-state index is 0.174. The number of halogens is 1. The fourth-order valence-electron chi connectivity index (χ4n) is 2.32. The summed E-state index contributed by atoms with van der Waals surface area (Å²) in [5.41, 5.74) is 1.72. The number of carbonyl (C=O) groups is 2. The van der Waals surface area contributed by atoms with Crippen molar-refractivity contribution >= 4 is 33.4 Å². The highest BCUT2D eigenvalue weighted by atomic mass is 32.3. The molecule has 1 saturated heterocycles. The topological polar surface area (TPSA) is 83.6 Å². The number of carbonyl (C=O) groups excluding carboxylic acids is 2. The summed E-state index contributed by atoms with van der Waals surface area (Å²) >= 11 is 0. The third-order valence-corrected chi connectivity index (χ3v) is 4.70. The highest BCUT2D eigenvalue weighted by Crippen LogP contribution is 2.30. The molecule has 22 heavy (non-hydrogen) atoms. The molecule has 0 aromatic heterocycles. The standard InChI is InChI=1S/C14H17FN2O4S/c1-3-13(18)16-10-5-4-9(2)12(6-10)17-8-11(7-14(17)19)22(15,20)21/h4-6,11H,3,7-8H2,1-2H3,(H,16,18). The lowest BCUT2D eigenvalue weighted by molar-refractivity contribution is -0.117. The van der Waals surface area contributed by atoms with Gasteiger partial charge in [-0.1, -0.05) is 13.0 Å². The van der Waals surface area contributed by atoms with E-state index in [-0.39, 0.29) is 18.9 Å². The molecule has 1 aliphatic rings. The normalized spacial score (nSPS) is 18.6. The van der Waals surface area contributed by atoms with E-state index in [0.717, 1.165) is 5.56 Å². The van der Waals surface area contributed by atoms with Gasteiger partial charge in [0.2, 0.25) is 11.8 Å². The SMILES string of the molecule is CCC(=O)Nc1ccc(C)c(N2CC(S(=O)(=O)F)CC2=O)c1. The maximum Gasteiger partial charge on any atom is 0.307 e. The van der Waals surface area contributed by atoms with E-state index in [1.54, 1.807) is 32.0 Å². The third kappa shape index (κ3) is 3.44. The molecule has 120 valence electrons. The van der Waals surface area contributed by atoms with Gasteiger partial charge in [-0.05, 0) is 24.6 Å². The summed E-state index contributed by atoms with van der Waals surface area (Å²) in [6.07, 6.45) is -0.0577. The molecule has 6 nitrogen and oxygen atoms in total. The van der Waals surface area contributed by atoms with E-state index in [9.17, 15) is 21.9 Å². The van der Waals surface area contributed by atoms with E-state index in [0.29, 0.717) is 17.8 Å². The molecule has 0 aliphatic carbocycles. The number of benzene rings is 1. The van der Waals surface area contributed by atoms with Crippen molar-refractivity contribution in [2.45, 2.75) is 31.9 Å². The molecule has 0 radical (unpaired) electrons. The molecule has 8 heteroatoms. The first-order chi connectivity index (χ1) is 10.2. The summed E-state index contributed by atoms with van der Waals surface area (Å²) in [4.78, 5) is 24.7. The molecule has 1 heterocycles. The average Bonchev–Trinajstić information content (AvgIpc) is 2.83. The van der Waals surface area contributed by atoms with Crippen molar-refractivity contribution in [3.63, 3.8) is 0 Å². The second kappa shape index (κ2) is 6.04. The van der Waals surface area contributed by atoms with E-state index in [2.05, 4.69) is 5.32 Å². The van der Waals surface area contributed by atoms with Gasteiger partial charge in [0.1, 0.15) is 5.25 Å². The van der Waals surface area contributed by atoms with E-state index in [1.807, 2.05) is 0 Å². The van der Waals surface area contributed by atoms with Crippen LogP contribution in [-0.4, -0.2) is 32.0 Å². The lowest BCUT2D eigenvalue weighted by atomic mass is 10.1. The number of rotatable bonds is 4. The molecule has 1 fully saturated rings. The van der Waals surface area contributed by atoms with Crippen LogP contribution >= 0.6 is 0 Å². The van der Waals surface area contributed by atoms with Crippen LogP contribution in [0.1, 0.15) is 25.3 Å². The van der Waals surface area contributed by atoms with Gasteiger partial charge in [0.15, 0.2) is 0 Å². The Morgan fingerprint density at radius 2 is 2.14 bits per heavy atom. The van der Waals surface area contributed by atoms with Crippen LogP contribution in [0.25, 0.3) is 0 Å². The molecular weight excluding hydrogens is 311 g/mol. The summed E-state index contributed by atoms with van der Waals surface area (Å²) in [6.45, 7) is 3.25. The Morgan fingerprint density at radius 3 is 2.68 bits per heavy atom. The van der Waals surface area contributed by atoms with Gasteiger partial charge in [0, 0.05) is 30.8 Å². The van der Waals surface area contributed by atoms with E-state index in [4.69, 9.17) is 0 Å². The number of hydrogen-bond donors (Lipinski definition) is 1. The average molecular weight is 328 g/mol. The van der Waals surface area contributed by atoms with Gasteiger partial charge in [-0.25, -0.2) is 0 Å². The number of anilines is 2. The van der Waals surface area contributed by atoms with Gasteiger partial charge in [-0.3, -0.25) is 9.59 Å².